The van der Waals surface area contributed by atoms with Crippen molar-refractivity contribution in [1.82, 2.24) is 5.32 Å². The van der Waals surface area contributed by atoms with Crippen molar-refractivity contribution < 1.29 is 14.7 Å². The minimum Gasteiger partial charge on any atom is -0.481 e. The topological polar surface area (TPSA) is 66.4 Å². The fourth-order valence-corrected chi connectivity index (χ4v) is 4.23. The fourth-order valence-electron chi connectivity index (χ4n) is 2.78. The number of hydrogen-bond donors (Lipinski definition) is 2. The van der Waals surface area contributed by atoms with Crippen LogP contribution in [-0.4, -0.2) is 23.0 Å². The van der Waals surface area contributed by atoms with Gasteiger partial charge in [0.1, 0.15) is 0 Å². The molecule has 1 aliphatic carbocycles. The molecule has 1 aliphatic rings. The molecule has 1 heterocycles. The van der Waals surface area contributed by atoms with E-state index in [2.05, 4.69) is 21.2 Å². The number of aryl methyl sites for hydroxylation is 1. The normalized spacial score (nSPS) is 22.5. The molecule has 0 saturated heterocycles. The zero-order valence-corrected chi connectivity index (χ0v) is 14.2. The summed E-state index contributed by atoms with van der Waals surface area (Å²) < 4.78 is 1.04. The van der Waals surface area contributed by atoms with Crippen molar-refractivity contribution in [2.45, 2.75) is 51.0 Å². The van der Waals surface area contributed by atoms with Crippen LogP contribution >= 0.6 is 27.3 Å². The van der Waals surface area contributed by atoms with Crippen molar-refractivity contribution in [3.8, 4) is 0 Å². The molecule has 21 heavy (non-hydrogen) atoms. The van der Waals surface area contributed by atoms with Crippen LogP contribution in [0.5, 0.6) is 0 Å². The first-order chi connectivity index (χ1) is 10.1. The number of amides is 1. The van der Waals surface area contributed by atoms with Crippen LogP contribution in [0.15, 0.2) is 15.9 Å². The zero-order valence-electron chi connectivity index (χ0n) is 11.8. The largest absolute Gasteiger partial charge is 0.481 e. The summed E-state index contributed by atoms with van der Waals surface area (Å²) in [5.74, 6) is -1.27. The van der Waals surface area contributed by atoms with E-state index in [0.717, 1.165) is 35.0 Å². The molecule has 116 valence electrons. The van der Waals surface area contributed by atoms with Gasteiger partial charge in [-0.15, -0.1) is 11.3 Å². The van der Waals surface area contributed by atoms with Gasteiger partial charge >= 0.3 is 5.97 Å². The summed E-state index contributed by atoms with van der Waals surface area (Å²) in [5, 5.41) is 14.2. The lowest BCUT2D eigenvalue weighted by Crippen LogP contribution is -2.42. The molecule has 0 spiro atoms. The Hall–Kier alpha value is -0.880. The van der Waals surface area contributed by atoms with Gasteiger partial charge in [-0.2, -0.15) is 0 Å². The summed E-state index contributed by atoms with van der Waals surface area (Å²) in [6.45, 7) is 0. The van der Waals surface area contributed by atoms with Crippen LogP contribution in [0.2, 0.25) is 0 Å². The molecular weight excluding hydrogens is 354 g/mol. The molecule has 2 rings (SSSR count). The Morgan fingerprint density at radius 1 is 1.33 bits per heavy atom. The molecule has 1 aromatic rings. The van der Waals surface area contributed by atoms with Crippen LogP contribution in [0.4, 0.5) is 0 Å². The van der Waals surface area contributed by atoms with Gasteiger partial charge in [0, 0.05) is 27.2 Å². The van der Waals surface area contributed by atoms with E-state index in [0.29, 0.717) is 19.3 Å². The second-order valence-corrected chi connectivity index (χ2v) is 7.40. The average Bonchev–Trinajstić information content (AvgIpc) is 2.70. The van der Waals surface area contributed by atoms with E-state index >= 15 is 0 Å². The van der Waals surface area contributed by atoms with Gasteiger partial charge in [0.05, 0.1) is 5.92 Å². The third-order valence-electron chi connectivity index (χ3n) is 3.90. The SMILES string of the molecule is O=C(CCc1cc(Br)cs1)N[C@H]1CCCCC[C@H]1C(=O)O. The number of carbonyl (C=O) groups excluding carboxylic acids is 1. The summed E-state index contributed by atoms with van der Waals surface area (Å²) in [6, 6.07) is 1.80. The molecule has 1 amide bonds. The Morgan fingerprint density at radius 3 is 2.76 bits per heavy atom. The van der Waals surface area contributed by atoms with Crippen molar-refractivity contribution in [3.05, 3.63) is 20.8 Å². The second-order valence-electron chi connectivity index (χ2n) is 5.49. The summed E-state index contributed by atoms with van der Waals surface area (Å²) in [6.07, 6.45) is 5.53. The fraction of sp³-hybridized carbons (Fsp3) is 0.600. The molecule has 2 atom stereocenters. The maximum atomic E-state index is 12.1. The standard InChI is InChI=1S/C15H20BrNO3S/c16-10-8-11(21-9-10)6-7-14(18)17-13-5-3-1-2-4-12(13)15(19)20/h8-9,12-13H,1-7H2,(H,17,18)(H,19,20)/t12-,13+/m1/s1. The quantitative estimate of drug-likeness (QED) is 0.774. The molecular formula is C15H20BrNO3S. The summed E-state index contributed by atoms with van der Waals surface area (Å²) in [5.41, 5.74) is 0. The molecule has 1 fully saturated rings. The van der Waals surface area contributed by atoms with Crippen molar-refractivity contribution in [2.75, 3.05) is 0 Å². The van der Waals surface area contributed by atoms with E-state index in [4.69, 9.17) is 0 Å². The molecule has 2 N–H and O–H groups in total. The molecule has 0 unspecified atom stereocenters. The number of nitrogens with one attached hydrogen (secondary N) is 1. The van der Waals surface area contributed by atoms with Gasteiger partial charge in [-0.25, -0.2) is 0 Å². The highest BCUT2D eigenvalue weighted by molar-refractivity contribution is 9.10. The van der Waals surface area contributed by atoms with E-state index in [1.807, 2.05) is 11.4 Å². The monoisotopic (exact) mass is 373 g/mol. The molecule has 6 heteroatoms. The highest BCUT2D eigenvalue weighted by Crippen LogP contribution is 2.24. The second kappa shape index (κ2) is 7.94. The number of carboxylic acids is 1. The summed E-state index contributed by atoms with van der Waals surface area (Å²) >= 11 is 5.02. The number of carbonyl (C=O) groups is 2. The minimum absolute atomic E-state index is 0.0438. The van der Waals surface area contributed by atoms with Crippen LogP contribution < -0.4 is 5.32 Å². The number of carboxylic acid groups (broad SMARTS) is 1. The Bertz CT molecular complexity index is 503. The molecule has 0 bridgehead atoms. The van der Waals surface area contributed by atoms with Crippen LogP contribution in [0.1, 0.15) is 43.4 Å². The van der Waals surface area contributed by atoms with Crippen LogP contribution in [-0.2, 0) is 16.0 Å². The number of rotatable bonds is 5. The van der Waals surface area contributed by atoms with E-state index in [-0.39, 0.29) is 11.9 Å². The van der Waals surface area contributed by atoms with Crippen LogP contribution in [0.25, 0.3) is 0 Å². The van der Waals surface area contributed by atoms with Crippen molar-refractivity contribution in [2.24, 2.45) is 5.92 Å². The highest BCUT2D eigenvalue weighted by atomic mass is 79.9. The average molecular weight is 374 g/mol. The summed E-state index contributed by atoms with van der Waals surface area (Å²) in [4.78, 5) is 24.5. The van der Waals surface area contributed by atoms with Crippen LogP contribution in [0.3, 0.4) is 0 Å². The molecule has 1 aromatic heterocycles. The molecule has 1 saturated carbocycles. The smallest absolute Gasteiger partial charge is 0.308 e. The predicted octanol–water partition coefficient (Wildman–Crippen LogP) is 3.59. The van der Waals surface area contributed by atoms with E-state index in [1.165, 1.54) is 0 Å². The Kier molecular flexibility index (Phi) is 6.23. The van der Waals surface area contributed by atoms with Gasteiger partial charge in [-0.05, 0) is 41.3 Å². The summed E-state index contributed by atoms with van der Waals surface area (Å²) in [7, 11) is 0. The number of halogens is 1. The van der Waals surface area contributed by atoms with Crippen molar-refractivity contribution >= 4 is 39.1 Å². The van der Waals surface area contributed by atoms with Gasteiger partial charge in [-0.3, -0.25) is 9.59 Å². The molecule has 0 aromatic carbocycles. The Morgan fingerprint density at radius 2 is 2.10 bits per heavy atom. The van der Waals surface area contributed by atoms with E-state index in [1.54, 1.807) is 11.3 Å². The number of aliphatic carboxylic acids is 1. The first-order valence-corrected chi connectivity index (χ1v) is 8.98. The minimum atomic E-state index is -0.788. The van der Waals surface area contributed by atoms with Crippen molar-refractivity contribution in [3.63, 3.8) is 0 Å². The molecule has 0 radical (unpaired) electrons. The highest BCUT2D eigenvalue weighted by Gasteiger charge is 2.30. The Labute approximate surface area is 137 Å². The zero-order chi connectivity index (χ0) is 15.2. The van der Waals surface area contributed by atoms with Gasteiger partial charge < -0.3 is 10.4 Å². The maximum absolute atomic E-state index is 12.1. The van der Waals surface area contributed by atoms with Gasteiger partial charge in [0.2, 0.25) is 5.91 Å². The number of thiophene rings is 1. The lowest BCUT2D eigenvalue weighted by atomic mass is 9.94. The lowest BCUT2D eigenvalue weighted by Gasteiger charge is -2.22. The third-order valence-corrected chi connectivity index (χ3v) is 5.66. The van der Waals surface area contributed by atoms with Crippen molar-refractivity contribution in [1.29, 1.82) is 0 Å². The first-order valence-electron chi connectivity index (χ1n) is 7.31. The predicted molar refractivity (Wildman–Crippen MR) is 86.5 cm³/mol. The number of hydrogen-bond acceptors (Lipinski definition) is 3. The van der Waals surface area contributed by atoms with Gasteiger partial charge in [0.15, 0.2) is 0 Å². The molecule has 0 aliphatic heterocycles. The van der Waals surface area contributed by atoms with Gasteiger partial charge in [-0.1, -0.05) is 19.3 Å². The van der Waals surface area contributed by atoms with E-state index in [9.17, 15) is 14.7 Å². The van der Waals surface area contributed by atoms with E-state index < -0.39 is 11.9 Å². The van der Waals surface area contributed by atoms with Crippen LogP contribution in [0, 0.1) is 5.92 Å². The third kappa shape index (κ3) is 5.11. The maximum Gasteiger partial charge on any atom is 0.308 e. The Balaban J connectivity index is 1.85. The molecule has 4 nitrogen and oxygen atoms in total. The van der Waals surface area contributed by atoms with Gasteiger partial charge in [0.25, 0.3) is 0 Å². The lowest BCUT2D eigenvalue weighted by molar-refractivity contribution is -0.143. The first kappa shape index (κ1) is 16.5.